The van der Waals surface area contributed by atoms with Gasteiger partial charge in [0.25, 0.3) is 17.8 Å². The Morgan fingerprint density at radius 2 is 1.03 bits per heavy atom. The molecule has 5 aromatic rings. The third-order valence-corrected chi connectivity index (χ3v) is 13.4. The van der Waals surface area contributed by atoms with E-state index in [2.05, 4.69) is 60.6 Å². The van der Waals surface area contributed by atoms with Crippen molar-refractivity contribution in [1.82, 2.24) is 59.9 Å². The van der Waals surface area contributed by atoms with E-state index in [1.54, 1.807) is 54.1 Å². The number of hydrogen-bond donors (Lipinski definition) is 0. The van der Waals surface area contributed by atoms with Gasteiger partial charge < -0.3 is 29.3 Å². The number of anilines is 3. The van der Waals surface area contributed by atoms with Gasteiger partial charge in [-0.05, 0) is 38.8 Å². The van der Waals surface area contributed by atoms with Crippen LogP contribution in [0.4, 0.5) is 44.2 Å². The average Bonchev–Trinajstić information content (AvgIpc) is 3.91. The molecule has 8 heterocycles. The molecule has 6 unspecified atom stereocenters. The monoisotopic (exact) mass is 972 g/mol. The summed E-state index contributed by atoms with van der Waals surface area (Å²) in [7, 11) is 0. The van der Waals surface area contributed by atoms with Crippen molar-refractivity contribution < 1.29 is 64.6 Å². The van der Waals surface area contributed by atoms with Crippen LogP contribution in [-0.4, -0.2) is 135 Å². The summed E-state index contributed by atoms with van der Waals surface area (Å²) in [4.78, 5) is 56.2. The Balaban J connectivity index is 0.000000142. The van der Waals surface area contributed by atoms with E-state index in [0.29, 0.717) is 62.0 Å². The van der Waals surface area contributed by atoms with Gasteiger partial charge in [-0.15, -0.1) is 10.2 Å². The van der Waals surface area contributed by atoms with Crippen molar-refractivity contribution in [2.24, 2.45) is 40.6 Å². The van der Waals surface area contributed by atoms with Crippen molar-refractivity contribution in [3.05, 3.63) is 86.6 Å². The number of ether oxygens (including phenoxy) is 1. The fourth-order valence-corrected chi connectivity index (χ4v) is 8.98. The number of aryl methyl sites for hydroxylation is 3. The molecule has 3 aliphatic heterocycles. The Bertz CT molecular complexity index is 2810. The number of carboxylic acids is 1. The van der Waals surface area contributed by atoms with Crippen LogP contribution in [0.2, 0.25) is 0 Å². The number of carboxylic acid groups (broad SMARTS) is 1. The summed E-state index contributed by atoms with van der Waals surface area (Å²) in [5.41, 5.74) is 12.6. The Morgan fingerprint density at radius 1 is 0.671 bits per heavy atom. The van der Waals surface area contributed by atoms with E-state index in [-0.39, 0.29) is 63.0 Å². The van der Waals surface area contributed by atoms with E-state index in [1.165, 1.54) is 21.8 Å². The van der Waals surface area contributed by atoms with Gasteiger partial charge >= 0.3 is 24.8 Å². The van der Waals surface area contributed by atoms with Crippen molar-refractivity contribution in [3.63, 3.8) is 0 Å². The zero-order valence-corrected chi connectivity index (χ0v) is 38.4. The van der Waals surface area contributed by atoms with Gasteiger partial charge in [0.05, 0.1) is 80.1 Å². The average molecular weight is 973 g/mol. The molecule has 22 nitrogen and oxygen atoms in total. The van der Waals surface area contributed by atoms with Crippen molar-refractivity contribution in [1.29, 1.82) is 0 Å². The topological polar surface area (TPSA) is 264 Å². The van der Waals surface area contributed by atoms with Gasteiger partial charge in [0.15, 0.2) is 5.69 Å². The van der Waals surface area contributed by atoms with Crippen LogP contribution in [-0.2, 0) is 24.4 Å². The first-order valence-electron chi connectivity index (χ1n) is 21.8. The van der Waals surface area contributed by atoms with Crippen molar-refractivity contribution in [3.8, 4) is 0 Å². The molecule has 70 heavy (non-hydrogen) atoms. The largest absolute Gasteiger partial charge is 1.00 e. The molecular formula is C41H43F6LiN18O4. The number of carbonyl (C=O) groups excluding carboxylic acids is 2. The molecule has 6 fully saturated rings. The smallest absolute Gasteiger partial charge is 0.543 e. The van der Waals surface area contributed by atoms with Crippen LogP contribution in [0.1, 0.15) is 61.7 Å². The number of aromatic nitrogens is 12. The zero-order valence-electron chi connectivity index (χ0n) is 38.4. The third kappa shape index (κ3) is 9.75. The molecule has 29 heteroatoms. The van der Waals surface area contributed by atoms with Gasteiger partial charge in [-0.25, -0.2) is 70.4 Å². The van der Waals surface area contributed by atoms with Crippen LogP contribution < -0.4 is 38.7 Å². The molecule has 3 saturated heterocycles. The molecule has 3 aliphatic carbocycles. The second-order valence-corrected chi connectivity index (χ2v) is 17.7. The summed E-state index contributed by atoms with van der Waals surface area (Å²) >= 11 is 0. The number of azide groups is 1. The van der Waals surface area contributed by atoms with Gasteiger partial charge in [0.2, 0.25) is 17.8 Å². The maximum Gasteiger partial charge on any atom is 1.00 e. The fourth-order valence-electron chi connectivity index (χ4n) is 8.98. The predicted octanol–water partition coefficient (Wildman–Crippen LogP) is 0.0931. The van der Waals surface area contributed by atoms with Crippen LogP contribution >= 0.6 is 0 Å². The molecule has 364 valence electrons. The van der Waals surface area contributed by atoms with Crippen molar-refractivity contribution in [2.45, 2.75) is 65.1 Å². The van der Waals surface area contributed by atoms with Gasteiger partial charge in [-0.1, -0.05) is 15.5 Å². The maximum atomic E-state index is 13.3. The van der Waals surface area contributed by atoms with Gasteiger partial charge in [0, 0.05) is 91.0 Å². The number of hydrogen-bond acceptors (Lipinski definition) is 18. The number of halogens is 6. The van der Waals surface area contributed by atoms with Crippen LogP contribution in [0, 0.1) is 56.3 Å². The number of carbonyl (C=O) groups is 2. The second kappa shape index (κ2) is 18.9. The number of piperidine rings is 3. The Hall–Kier alpha value is -6.65. The van der Waals surface area contributed by atoms with E-state index in [4.69, 9.17) is 10.3 Å². The van der Waals surface area contributed by atoms with Crippen LogP contribution in [0.15, 0.2) is 36.1 Å². The molecule has 0 spiro atoms. The van der Waals surface area contributed by atoms with Crippen LogP contribution in [0.5, 0.6) is 0 Å². The summed E-state index contributed by atoms with van der Waals surface area (Å²) in [5.74, 6) is -11.5. The molecule has 6 aliphatic rings. The normalized spacial score (nSPS) is 24.1. The Kier molecular flexibility index (Phi) is 13.5. The molecule has 0 radical (unpaired) electrons. The minimum atomic E-state index is -2.53. The standard InChI is InChI=1S/C16H18F2N6O2.C14H14F2N6O2.C11H12F2N6.Li/c1-3-26-14(25)13-8-24(22-21-13)5-10-4-19-15(20-9(10)2)23-6-11-12(7-23)16(11,17)18;1-7-8(3-22-6-11(12(23)24)19-20-22)2-17-13(18-7)21-4-9-10(5-21)14(9,15)16;1-6-7(3-16-18-14)2-15-10(17-6)19-4-8-9(5-19)11(8,12)13;/h4,8,11-12H,3,5-7H2,1-2H3;2,6,9-10H,3-5H2,1H3,(H,23,24);2,8-9H,3-5H2,1H3;/q;;;+1/p-1. The second-order valence-electron chi connectivity index (χ2n) is 17.7. The van der Waals surface area contributed by atoms with E-state index < -0.39 is 65.2 Å². The molecule has 0 amide bonds. The minimum absolute atomic E-state index is 0. The number of esters is 1. The first-order valence-corrected chi connectivity index (χ1v) is 21.8. The first-order chi connectivity index (χ1) is 32.8. The van der Waals surface area contributed by atoms with Crippen molar-refractivity contribution in [2.75, 3.05) is 60.6 Å². The molecule has 3 saturated carbocycles. The molecule has 0 aromatic carbocycles. The maximum absolute atomic E-state index is 13.3. The molecule has 0 bridgehead atoms. The van der Waals surface area contributed by atoms with Gasteiger partial charge in [-0.3, -0.25) is 0 Å². The zero-order chi connectivity index (χ0) is 49.2. The molecule has 11 rings (SSSR count). The Labute approximate surface area is 406 Å². The number of nitrogens with zero attached hydrogens (tertiary/aromatic N) is 18. The summed E-state index contributed by atoms with van der Waals surface area (Å²) in [6.07, 6.45) is 7.61. The number of alkyl halides is 6. The van der Waals surface area contributed by atoms with Crippen LogP contribution in [0.25, 0.3) is 10.4 Å². The van der Waals surface area contributed by atoms with E-state index in [0.717, 1.165) is 22.4 Å². The number of rotatable bonds is 12. The molecule has 6 atom stereocenters. The van der Waals surface area contributed by atoms with Gasteiger partial charge in [0.1, 0.15) is 5.69 Å². The predicted molar refractivity (Wildman–Crippen MR) is 224 cm³/mol. The summed E-state index contributed by atoms with van der Waals surface area (Å²) < 4.78 is 87.0. The quantitative estimate of drug-likeness (QED) is 0.0401. The minimum Gasteiger partial charge on any atom is -0.543 e. The van der Waals surface area contributed by atoms with E-state index >= 15 is 0 Å². The van der Waals surface area contributed by atoms with E-state index in [1.807, 2.05) is 6.92 Å². The number of fused-ring (bicyclic) bond motifs is 3. The summed E-state index contributed by atoms with van der Waals surface area (Å²) in [6, 6.07) is 0. The molecule has 5 aromatic heterocycles. The first kappa shape index (κ1) is 49.8. The third-order valence-electron chi connectivity index (χ3n) is 13.4. The van der Waals surface area contributed by atoms with Gasteiger partial charge in [-0.2, -0.15) is 0 Å². The number of aromatic carboxylic acids is 1. The molecular weight excluding hydrogens is 930 g/mol. The molecule has 0 N–H and O–H groups in total. The van der Waals surface area contributed by atoms with Crippen molar-refractivity contribution >= 4 is 29.8 Å². The summed E-state index contributed by atoms with van der Waals surface area (Å²) in [6.45, 7) is 9.95. The van der Waals surface area contributed by atoms with E-state index in [9.17, 15) is 41.0 Å². The summed E-state index contributed by atoms with van der Waals surface area (Å²) in [5, 5.41) is 29.0. The fraction of sp³-hybridized carbons (Fsp3) is 0.561. The van der Waals surface area contributed by atoms with Crippen LogP contribution in [0.3, 0.4) is 0 Å². The Morgan fingerprint density at radius 3 is 1.36 bits per heavy atom. The SMILES string of the molecule is CCOC(=O)c1cn(Cc2cnc(N3CC4C(C3)C4(F)F)nc2C)nn1.Cc1nc(N2CC3C(C2)C3(F)F)ncc1CN=[N+]=[N-].Cc1nc(N2CC3C(C2)C3(F)F)ncc1Cn1cc(C(=O)[O-])nn1.[Li+].